The topological polar surface area (TPSA) is 30.3 Å². The van der Waals surface area contributed by atoms with Crippen molar-refractivity contribution in [2.45, 2.75) is 32.4 Å². The van der Waals surface area contributed by atoms with Crippen molar-refractivity contribution in [3.05, 3.63) is 47.8 Å². The summed E-state index contributed by atoms with van der Waals surface area (Å²) in [7, 11) is 1.96. The van der Waals surface area contributed by atoms with Crippen LogP contribution in [-0.4, -0.2) is 33.9 Å². The molecule has 0 radical (unpaired) electrons. The zero-order valence-corrected chi connectivity index (χ0v) is 12.8. The van der Waals surface area contributed by atoms with Crippen LogP contribution in [0.2, 0.25) is 0 Å². The van der Waals surface area contributed by atoms with Crippen LogP contribution in [0, 0.1) is 6.92 Å². The highest BCUT2D eigenvalue weighted by Gasteiger charge is 2.21. The Balaban J connectivity index is 1.50. The van der Waals surface area contributed by atoms with Gasteiger partial charge in [0.1, 0.15) is 11.9 Å². The number of piperidine rings is 1. The number of para-hydroxylation sites is 1. The van der Waals surface area contributed by atoms with Gasteiger partial charge in [-0.05, 0) is 31.4 Å². The molecule has 1 saturated heterocycles. The van der Waals surface area contributed by atoms with Gasteiger partial charge in [0, 0.05) is 38.4 Å². The van der Waals surface area contributed by atoms with E-state index in [1.165, 1.54) is 11.1 Å². The maximum atomic E-state index is 6.15. The van der Waals surface area contributed by atoms with E-state index in [-0.39, 0.29) is 0 Å². The predicted octanol–water partition coefficient (Wildman–Crippen LogP) is 2.77. The van der Waals surface area contributed by atoms with E-state index in [0.29, 0.717) is 6.10 Å². The lowest BCUT2D eigenvalue weighted by molar-refractivity contribution is 0.0962. The average molecular weight is 285 g/mol. The van der Waals surface area contributed by atoms with Crippen molar-refractivity contribution in [1.82, 2.24) is 14.7 Å². The quantitative estimate of drug-likeness (QED) is 0.865. The highest BCUT2D eigenvalue weighted by atomic mass is 16.5. The summed E-state index contributed by atoms with van der Waals surface area (Å²) >= 11 is 0. The molecule has 21 heavy (non-hydrogen) atoms. The Labute approximate surface area is 126 Å². The zero-order chi connectivity index (χ0) is 14.7. The second-order valence-corrected chi connectivity index (χ2v) is 5.88. The van der Waals surface area contributed by atoms with Gasteiger partial charge >= 0.3 is 0 Å². The van der Waals surface area contributed by atoms with Crippen LogP contribution >= 0.6 is 0 Å². The number of likely N-dealkylation sites (tertiary alicyclic amines) is 1. The van der Waals surface area contributed by atoms with Crippen molar-refractivity contribution in [2.24, 2.45) is 7.05 Å². The molecular weight excluding hydrogens is 262 g/mol. The van der Waals surface area contributed by atoms with E-state index in [0.717, 1.165) is 38.2 Å². The fourth-order valence-electron chi connectivity index (χ4n) is 2.87. The second kappa shape index (κ2) is 6.31. The normalized spacial score (nSPS) is 17.0. The van der Waals surface area contributed by atoms with Crippen molar-refractivity contribution < 1.29 is 4.74 Å². The number of hydrogen-bond acceptors (Lipinski definition) is 3. The first-order valence-electron chi connectivity index (χ1n) is 7.63. The minimum Gasteiger partial charge on any atom is -0.490 e. The summed E-state index contributed by atoms with van der Waals surface area (Å²) in [5, 5.41) is 4.23. The van der Waals surface area contributed by atoms with E-state index in [1.807, 2.05) is 24.0 Å². The summed E-state index contributed by atoms with van der Waals surface area (Å²) in [6.45, 7) is 5.27. The van der Waals surface area contributed by atoms with Crippen LogP contribution in [0.1, 0.15) is 24.0 Å². The van der Waals surface area contributed by atoms with Gasteiger partial charge in [-0.15, -0.1) is 0 Å². The molecule has 1 aromatic heterocycles. The molecule has 2 aromatic rings. The molecule has 4 heteroatoms. The summed E-state index contributed by atoms with van der Waals surface area (Å²) in [5.41, 5.74) is 2.51. The van der Waals surface area contributed by atoms with Crippen LogP contribution < -0.4 is 4.74 Å². The molecule has 3 rings (SSSR count). The molecule has 0 unspecified atom stereocenters. The Hall–Kier alpha value is -1.81. The first-order chi connectivity index (χ1) is 10.2. The SMILES string of the molecule is Cc1ccccc1OC1CCN(Cc2cnn(C)c2)CC1. The van der Waals surface area contributed by atoms with Crippen molar-refractivity contribution in [2.75, 3.05) is 13.1 Å². The molecule has 0 bridgehead atoms. The van der Waals surface area contributed by atoms with Gasteiger partial charge in [-0.3, -0.25) is 9.58 Å². The Morgan fingerprint density at radius 2 is 2.00 bits per heavy atom. The predicted molar refractivity (Wildman–Crippen MR) is 83.3 cm³/mol. The van der Waals surface area contributed by atoms with Crippen molar-refractivity contribution in [1.29, 1.82) is 0 Å². The van der Waals surface area contributed by atoms with Crippen LogP contribution in [0.15, 0.2) is 36.7 Å². The number of hydrogen-bond donors (Lipinski definition) is 0. The zero-order valence-electron chi connectivity index (χ0n) is 12.8. The van der Waals surface area contributed by atoms with Gasteiger partial charge in [-0.25, -0.2) is 0 Å². The van der Waals surface area contributed by atoms with Gasteiger partial charge in [0.05, 0.1) is 6.20 Å². The lowest BCUT2D eigenvalue weighted by Gasteiger charge is -2.32. The fraction of sp³-hybridized carbons (Fsp3) is 0.471. The minimum atomic E-state index is 0.344. The number of rotatable bonds is 4. The van der Waals surface area contributed by atoms with Crippen LogP contribution in [0.4, 0.5) is 0 Å². The second-order valence-electron chi connectivity index (χ2n) is 5.88. The average Bonchev–Trinajstić information content (AvgIpc) is 2.89. The molecule has 0 N–H and O–H groups in total. The summed E-state index contributed by atoms with van der Waals surface area (Å²) in [6, 6.07) is 8.27. The van der Waals surface area contributed by atoms with E-state index < -0.39 is 0 Å². The van der Waals surface area contributed by atoms with E-state index in [9.17, 15) is 0 Å². The Morgan fingerprint density at radius 3 is 2.67 bits per heavy atom. The van der Waals surface area contributed by atoms with Gasteiger partial charge in [-0.2, -0.15) is 5.10 Å². The first kappa shape index (κ1) is 14.1. The van der Waals surface area contributed by atoms with Gasteiger partial charge < -0.3 is 4.74 Å². The molecular formula is C17H23N3O. The lowest BCUT2D eigenvalue weighted by Crippen LogP contribution is -2.37. The highest BCUT2D eigenvalue weighted by molar-refractivity contribution is 5.31. The molecule has 0 atom stereocenters. The van der Waals surface area contributed by atoms with Gasteiger partial charge in [0.2, 0.25) is 0 Å². The molecule has 4 nitrogen and oxygen atoms in total. The summed E-state index contributed by atoms with van der Waals surface area (Å²) in [6.07, 6.45) is 6.57. The number of ether oxygens (including phenoxy) is 1. The smallest absolute Gasteiger partial charge is 0.122 e. The summed E-state index contributed by atoms with van der Waals surface area (Å²) < 4.78 is 8.01. The Morgan fingerprint density at radius 1 is 1.24 bits per heavy atom. The Kier molecular flexibility index (Phi) is 4.25. The molecule has 1 fully saturated rings. The van der Waals surface area contributed by atoms with Gasteiger partial charge in [0.15, 0.2) is 0 Å². The van der Waals surface area contributed by atoms with Gasteiger partial charge in [0.25, 0.3) is 0 Å². The largest absolute Gasteiger partial charge is 0.490 e. The minimum absolute atomic E-state index is 0.344. The van der Waals surface area contributed by atoms with Crippen molar-refractivity contribution >= 4 is 0 Å². The molecule has 0 aliphatic carbocycles. The number of benzene rings is 1. The number of nitrogens with zero attached hydrogens (tertiary/aromatic N) is 3. The maximum absolute atomic E-state index is 6.15. The number of aromatic nitrogens is 2. The Bertz CT molecular complexity index is 585. The molecule has 112 valence electrons. The molecule has 0 amide bonds. The molecule has 1 aliphatic rings. The van der Waals surface area contributed by atoms with Crippen LogP contribution in [0.5, 0.6) is 5.75 Å². The first-order valence-corrected chi connectivity index (χ1v) is 7.63. The van der Waals surface area contributed by atoms with Crippen LogP contribution in [-0.2, 0) is 13.6 Å². The maximum Gasteiger partial charge on any atom is 0.122 e. The third kappa shape index (κ3) is 3.64. The molecule has 0 saturated carbocycles. The van der Waals surface area contributed by atoms with E-state index >= 15 is 0 Å². The third-order valence-electron chi connectivity index (χ3n) is 4.09. The third-order valence-corrected chi connectivity index (χ3v) is 4.09. The van der Waals surface area contributed by atoms with Gasteiger partial charge in [-0.1, -0.05) is 18.2 Å². The standard InChI is InChI=1S/C17H23N3O/c1-14-5-3-4-6-17(14)21-16-7-9-20(10-8-16)13-15-11-18-19(2)12-15/h3-6,11-12,16H,7-10,13H2,1-2H3. The lowest BCUT2D eigenvalue weighted by atomic mass is 10.1. The highest BCUT2D eigenvalue weighted by Crippen LogP contribution is 2.22. The van der Waals surface area contributed by atoms with Crippen LogP contribution in [0.25, 0.3) is 0 Å². The van der Waals surface area contributed by atoms with Crippen LogP contribution in [0.3, 0.4) is 0 Å². The number of aryl methyl sites for hydroxylation is 2. The van der Waals surface area contributed by atoms with E-state index in [1.54, 1.807) is 0 Å². The van der Waals surface area contributed by atoms with E-state index in [4.69, 9.17) is 4.74 Å². The molecule has 2 heterocycles. The molecule has 1 aromatic carbocycles. The van der Waals surface area contributed by atoms with E-state index in [2.05, 4.69) is 41.3 Å². The summed E-state index contributed by atoms with van der Waals surface area (Å²) in [4.78, 5) is 2.48. The van der Waals surface area contributed by atoms with Crippen molar-refractivity contribution in [3.63, 3.8) is 0 Å². The molecule has 1 aliphatic heterocycles. The van der Waals surface area contributed by atoms with Crippen molar-refractivity contribution in [3.8, 4) is 5.75 Å². The monoisotopic (exact) mass is 285 g/mol. The fourth-order valence-corrected chi connectivity index (χ4v) is 2.87. The summed E-state index contributed by atoms with van der Waals surface area (Å²) in [5.74, 6) is 1.03. The molecule has 0 spiro atoms.